The van der Waals surface area contributed by atoms with E-state index in [1.807, 2.05) is 42.5 Å². The number of benzene rings is 3. The number of hydrogen-bond donors (Lipinski definition) is 1. The van der Waals surface area contributed by atoms with E-state index in [4.69, 9.17) is 9.15 Å². The molecule has 1 heterocycles. The largest absolute Gasteiger partial charge is 0.497 e. The Balaban J connectivity index is 1.56. The number of nitro benzene ring substituents is 1. The highest BCUT2D eigenvalue weighted by molar-refractivity contribution is 5.94. The van der Waals surface area contributed by atoms with Crippen molar-refractivity contribution in [3.05, 3.63) is 88.7 Å². The number of nitrogens with zero attached hydrogens (tertiary/aromatic N) is 2. The lowest BCUT2D eigenvalue weighted by Gasteiger charge is -2.04. The van der Waals surface area contributed by atoms with Gasteiger partial charge in [0.25, 0.3) is 5.69 Å². The van der Waals surface area contributed by atoms with Crippen molar-refractivity contribution in [2.45, 2.75) is 0 Å². The van der Waals surface area contributed by atoms with Crippen LogP contribution in [0.3, 0.4) is 0 Å². The minimum absolute atomic E-state index is 0.0870. The van der Waals surface area contributed by atoms with E-state index in [2.05, 4.69) is 10.5 Å². The molecule has 0 saturated carbocycles. The molecule has 0 amide bonds. The number of ether oxygens (including phenoxy) is 1. The molecular weight excluding hydrogens is 370 g/mol. The Morgan fingerprint density at radius 2 is 1.90 bits per heavy atom. The summed E-state index contributed by atoms with van der Waals surface area (Å²) in [5, 5.41) is 17.8. The Morgan fingerprint density at radius 1 is 1.07 bits per heavy atom. The molecular formula is C22H17N3O4. The van der Waals surface area contributed by atoms with E-state index in [1.54, 1.807) is 24.3 Å². The molecule has 4 rings (SSSR count). The molecule has 1 aromatic heterocycles. The van der Waals surface area contributed by atoms with Gasteiger partial charge in [0, 0.05) is 5.39 Å². The van der Waals surface area contributed by atoms with Crippen molar-refractivity contribution < 1.29 is 14.1 Å². The first-order chi connectivity index (χ1) is 14.2. The monoisotopic (exact) mass is 387 g/mol. The summed E-state index contributed by atoms with van der Waals surface area (Å²) in [5.74, 6) is 1.26. The molecule has 0 aliphatic carbocycles. The number of methoxy groups -OCH3 is 1. The number of nitro groups is 1. The van der Waals surface area contributed by atoms with Crippen LogP contribution < -0.4 is 10.2 Å². The predicted molar refractivity (Wildman–Crippen MR) is 113 cm³/mol. The van der Waals surface area contributed by atoms with Gasteiger partial charge in [0.05, 0.1) is 35.6 Å². The average molecular weight is 387 g/mol. The predicted octanol–water partition coefficient (Wildman–Crippen LogP) is 5.46. The highest BCUT2D eigenvalue weighted by Gasteiger charge is 2.19. The lowest BCUT2D eigenvalue weighted by atomic mass is 10.1. The van der Waals surface area contributed by atoms with Crippen LogP contribution in [-0.4, -0.2) is 18.2 Å². The molecule has 4 aromatic rings. The smallest absolute Gasteiger partial charge is 0.284 e. The van der Waals surface area contributed by atoms with Crippen molar-refractivity contribution in [3.8, 4) is 17.1 Å². The molecule has 3 aromatic carbocycles. The topological polar surface area (TPSA) is 89.9 Å². The van der Waals surface area contributed by atoms with Gasteiger partial charge in [-0.1, -0.05) is 36.4 Å². The zero-order valence-electron chi connectivity index (χ0n) is 15.5. The third kappa shape index (κ3) is 3.79. The summed E-state index contributed by atoms with van der Waals surface area (Å²) in [6.45, 7) is 0. The fourth-order valence-electron chi connectivity index (χ4n) is 3.05. The minimum Gasteiger partial charge on any atom is -0.497 e. The Hall–Kier alpha value is -4.13. The van der Waals surface area contributed by atoms with E-state index < -0.39 is 4.92 Å². The molecule has 0 bridgehead atoms. The molecule has 0 unspecified atom stereocenters. The quantitative estimate of drug-likeness (QED) is 0.269. The van der Waals surface area contributed by atoms with Crippen molar-refractivity contribution in [2.24, 2.45) is 5.10 Å². The molecule has 29 heavy (non-hydrogen) atoms. The fourth-order valence-corrected chi connectivity index (χ4v) is 3.05. The summed E-state index contributed by atoms with van der Waals surface area (Å²) in [6.07, 6.45) is 1.53. The SMILES string of the molecule is COc1ccc(-c2ccc(C=NNc3cccc4ccccc34)o2)c([N+](=O)[O-])c1. The lowest BCUT2D eigenvalue weighted by molar-refractivity contribution is -0.384. The number of hydrogen-bond acceptors (Lipinski definition) is 6. The first-order valence-corrected chi connectivity index (χ1v) is 8.85. The van der Waals surface area contributed by atoms with Crippen LogP contribution >= 0.6 is 0 Å². The summed E-state index contributed by atoms with van der Waals surface area (Å²) in [6, 6.07) is 21.9. The van der Waals surface area contributed by atoms with Gasteiger partial charge in [-0.2, -0.15) is 5.10 Å². The van der Waals surface area contributed by atoms with Gasteiger partial charge in [-0.3, -0.25) is 15.5 Å². The molecule has 0 fully saturated rings. The van der Waals surface area contributed by atoms with Gasteiger partial charge in [0.15, 0.2) is 0 Å². The number of furan rings is 1. The zero-order chi connectivity index (χ0) is 20.2. The van der Waals surface area contributed by atoms with Crippen molar-refractivity contribution in [3.63, 3.8) is 0 Å². The Kier molecular flexibility index (Phi) is 4.94. The maximum absolute atomic E-state index is 11.4. The number of nitrogens with one attached hydrogen (secondary N) is 1. The fraction of sp³-hybridized carbons (Fsp3) is 0.0455. The number of fused-ring (bicyclic) bond motifs is 1. The van der Waals surface area contributed by atoms with Gasteiger partial charge >= 0.3 is 0 Å². The molecule has 0 aliphatic rings. The second-order valence-electron chi connectivity index (χ2n) is 6.24. The van der Waals surface area contributed by atoms with Gasteiger partial charge < -0.3 is 9.15 Å². The van der Waals surface area contributed by atoms with Crippen LogP contribution in [0.1, 0.15) is 5.76 Å². The number of anilines is 1. The number of rotatable bonds is 6. The van der Waals surface area contributed by atoms with Gasteiger partial charge in [-0.05, 0) is 35.7 Å². The van der Waals surface area contributed by atoms with Crippen LogP contribution in [-0.2, 0) is 0 Å². The first-order valence-electron chi connectivity index (χ1n) is 8.85. The average Bonchev–Trinajstić information content (AvgIpc) is 3.22. The van der Waals surface area contributed by atoms with Crippen LogP contribution in [0.5, 0.6) is 5.75 Å². The van der Waals surface area contributed by atoms with E-state index in [0.717, 1.165) is 16.5 Å². The van der Waals surface area contributed by atoms with Gasteiger partial charge in [0.2, 0.25) is 0 Å². The lowest BCUT2D eigenvalue weighted by Crippen LogP contribution is -1.93. The molecule has 0 aliphatic heterocycles. The Morgan fingerprint density at radius 3 is 2.72 bits per heavy atom. The van der Waals surface area contributed by atoms with Crippen LogP contribution in [0.2, 0.25) is 0 Å². The molecule has 7 heteroatoms. The van der Waals surface area contributed by atoms with E-state index in [1.165, 1.54) is 19.4 Å². The maximum Gasteiger partial charge on any atom is 0.284 e. The highest BCUT2D eigenvalue weighted by Crippen LogP contribution is 2.34. The van der Waals surface area contributed by atoms with Crippen LogP contribution in [0.25, 0.3) is 22.1 Å². The molecule has 144 valence electrons. The van der Waals surface area contributed by atoms with E-state index in [-0.39, 0.29) is 5.69 Å². The molecule has 0 saturated heterocycles. The Labute approximate surface area is 166 Å². The second-order valence-corrected chi connectivity index (χ2v) is 6.24. The Bertz CT molecular complexity index is 1210. The highest BCUT2D eigenvalue weighted by atomic mass is 16.6. The first kappa shape index (κ1) is 18.2. The van der Waals surface area contributed by atoms with Gasteiger partial charge in [-0.25, -0.2) is 0 Å². The maximum atomic E-state index is 11.4. The van der Waals surface area contributed by atoms with Crippen molar-refractivity contribution >= 4 is 28.4 Å². The van der Waals surface area contributed by atoms with E-state index in [9.17, 15) is 10.1 Å². The molecule has 1 N–H and O–H groups in total. The summed E-state index contributed by atoms with van der Waals surface area (Å²) >= 11 is 0. The van der Waals surface area contributed by atoms with E-state index >= 15 is 0 Å². The van der Waals surface area contributed by atoms with Gasteiger partial charge in [-0.15, -0.1) is 0 Å². The molecule has 0 radical (unpaired) electrons. The zero-order valence-corrected chi connectivity index (χ0v) is 15.5. The number of hydrazone groups is 1. The van der Waals surface area contributed by atoms with Crippen molar-refractivity contribution in [2.75, 3.05) is 12.5 Å². The van der Waals surface area contributed by atoms with E-state index in [0.29, 0.717) is 22.8 Å². The van der Waals surface area contributed by atoms with Gasteiger partial charge in [0.1, 0.15) is 17.3 Å². The third-order valence-corrected chi connectivity index (χ3v) is 4.46. The third-order valence-electron chi connectivity index (χ3n) is 4.46. The summed E-state index contributed by atoms with van der Waals surface area (Å²) in [5.41, 5.74) is 4.17. The summed E-state index contributed by atoms with van der Waals surface area (Å²) < 4.78 is 10.8. The van der Waals surface area contributed by atoms with Crippen molar-refractivity contribution in [1.29, 1.82) is 0 Å². The van der Waals surface area contributed by atoms with Crippen LogP contribution in [0.4, 0.5) is 11.4 Å². The molecule has 0 spiro atoms. The summed E-state index contributed by atoms with van der Waals surface area (Å²) in [4.78, 5) is 10.9. The molecule has 0 atom stereocenters. The van der Waals surface area contributed by atoms with Crippen LogP contribution in [0.15, 0.2) is 82.3 Å². The second kappa shape index (κ2) is 7.85. The molecule has 7 nitrogen and oxygen atoms in total. The standard InChI is InChI=1S/C22H17N3O4/c1-28-16-9-11-19(21(13-16)25(26)27)22-12-10-17(29-22)14-23-24-20-8-4-6-15-5-2-3-7-18(15)20/h2-14,24H,1H3. The van der Waals surface area contributed by atoms with Crippen LogP contribution in [0, 0.1) is 10.1 Å². The normalized spacial score (nSPS) is 11.1. The minimum atomic E-state index is -0.462. The summed E-state index contributed by atoms with van der Waals surface area (Å²) in [7, 11) is 1.46. The van der Waals surface area contributed by atoms with Crippen molar-refractivity contribution in [1.82, 2.24) is 0 Å².